The van der Waals surface area contributed by atoms with Crippen molar-refractivity contribution in [2.24, 2.45) is 0 Å². The van der Waals surface area contributed by atoms with Crippen molar-refractivity contribution < 1.29 is 14.6 Å². The Kier molecular flexibility index (Phi) is 3.59. The maximum atomic E-state index is 10.2. The van der Waals surface area contributed by atoms with Crippen LogP contribution in [-0.4, -0.2) is 17.7 Å². The number of aliphatic carboxylic acids is 1. The van der Waals surface area contributed by atoms with Crippen LogP contribution in [-0.2, 0) is 4.79 Å². The van der Waals surface area contributed by atoms with E-state index >= 15 is 0 Å². The van der Waals surface area contributed by atoms with Crippen LogP contribution in [0.15, 0.2) is 18.2 Å². The molecule has 0 aliphatic heterocycles. The highest BCUT2D eigenvalue weighted by atomic mass is 35.5. The van der Waals surface area contributed by atoms with Crippen molar-refractivity contribution in [1.29, 1.82) is 0 Å². The molecule has 0 unspecified atom stereocenters. The predicted molar refractivity (Wildman–Crippen MR) is 53.6 cm³/mol. The van der Waals surface area contributed by atoms with Gasteiger partial charge in [-0.05, 0) is 18.2 Å². The van der Waals surface area contributed by atoms with Crippen LogP contribution in [0.3, 0.4) is 0 Å². The van der Waals surface area contributed by atoms with Crippen LogP contribution in [0.1, 0.15) is 6.42 Å². The first-order valence-corrected chi connectivity index (χ1v) is 4.37. The van der Waals surface area contributed by atoms with Crippen LogP contribution in [0.25, 0.3) is 0 Å². The van der Waals surface area contributed by atoms with E-state index in [-0.39, 0.29) is 13.0 Å². The van der Waals surface area contributed by atoms with Crippen LogP contribution in [0.5, 0.6) is 5.75 Å². The minimum atomic E-state index is -0.906. The van der Waals surface area contributed by atoms with Gasteiger partial charge in [0.2, 0.25) is 0 Å². The number of carbonyl (C=O) groups is 1. The van der Waals surface area contributed by atoms with Crippen molar-refractivity contribution in [2.45, 2.75) is 6.42 Å². The van der Waals surface area contributed by atoms with Crippen molar-refractivity contribution in [3.63, 3.8) is 0 Å². The van der Waals surface area contributed by atoms with Crippen LogP contribution >= 0.6 is 11.6 Å². The molecule has 14 heavy (non-hydrogen) atoms. The van der Waals surface area contributed by atoms with Crippen LogP contribution < -0.4 is 10.5 Å². The van der Waals surface area contributed by atoms with E-state index in [1.807, 2.05) is 0 Å². The van der Waals surface area contributed by atoms with E-state index in [0.29, 0.717) is 16.5 Å². The summed E-state index contributed by atoms with van der Waals surface area (Å²) < 4.78 is 5.13. The van der Waals surface area contributed by atoms with Crippen molar-refractivity contribution in [3.8, 4) is 5.75 Å². The number of nitrogens with two attached hydrogens (primary N) is 1. The Hall–Kier alpha value is -1.42. The number of anilines is 1. The summed E-state index contributed by atoms with van der Waals surface area (Å²) >= 11 is 5.79. The van der Waals surface area contributed by atoms with E-state index in [9.17, 15) is 4.79 Å². The molecule has 4 nitrogen and oxygen atoms in total. The van der Waals surface area contributed by atoms with E-state index < -0.39 is 5.97 Å². The second kappa shape index (κ2) is 4.72. The lowest BCUT2D eigenvalue weighted by atomic mass is 10.3. The van der Waals surface area contributed by atoms with E-state index in [0.717, 1.165) is 0 Å². The molecule has 0 saturated carbocycles. The average molecular weight is 216 g/mol. The quantitative estimate of drug-likeness (QED) is 0.751. The van der Waals surface area contributed by atoms with E-state index in [4.69, 9.17) is 27.2 Å². The molecule has 5 heteroatoms. The summed E-state index contributed by atoms with van der Waals surface area (Å²) in [6.45, 7) is 0.0962. The summed E-state index contributed by atoms with van der Waals surface area (Å²) in [5, 5.41) is 8.76. The molecule has 0 saturated heterocycles. The lowest BCUT2D eigenvalue weighted by Gasteiger charge is -2.06. The van der Waals surface area contributed by atoms with Gasteiger partial charge in [0, 0.05) is 5.69 Å². The zero-order valence-corrected chi connectivity index (χ0v) is 8.12. The third kappa shape index (κ3) is 3.14. The molecule has 0 heterocycles. The fourth-order valence-corrected chi connectivity index (χ4v) is 1.13. The monoisotopic (exact) mass is 215 g/mol. The van der Waals surface area contributed by atoms with Gasteiger partial charge in [-0.15, -0.1) is 0 Å². The second-order valence-corrected chi connectivity index (χ2v) is 3.09. The number of rotatable bonds is 4. The number of carboxylic acids is 1. The molecule has 0 aliphatic rings. The summed E-state index contributed by atoms with van der Waals surface area (Å²) in [5.74, 6) is -0.460. The normalized spacial score (nSPS) is 9.79. The fourth-order valence-electron chi connectivity index (χ4n) is 0.882. The highest BCUT2D eigenvalue weighted by Crippen LogP contribution is 2.26. The molecule has 0 atom stereocenters. The maximum Gasteiger partial charge on any atom is 0.306 e. The zero-order valence-electron chi connectivity index (χ0n) is 7.37. The Labute approximate surface area is 86.2 Å². The molecule has 0 aromatic heterocycles. The first-order chi connectivity index (χ1) is 6.59. The molecule has 0 radical (unpaired) electrons. The van der Waals surface area contributed by atoms with Crippen LogP contribution in [0.4, 0.5) is 5.69 Å². The molecule has 1 rings (SSSR count). The standard InChI is InChI=1S/C9H10ClNO3/c10-7-5-6(11)1-2-8(7)14-4-3-9(12)13/h1-2,5H,3-4,11H2,(H,12,13). The average Bonchev–Trinajstić information content (AvgIpc) is 2.08. The number of benzene rings is 1. The maximum absolute atomic E-state index is 10.2. The van der Waals surface area contributed by atoms with Gasteiger partial charge in [0.25, 0.3) is 0 Å². The SMILES string of the molecule is Nc1ccc(OCCC(=O)O)c(Cl)c1. The van der Waals surface area contributed by atoms with E-state index in [2.05, 4.69) is 0 Å². The molecular formula is C9H10ClNO3. The molecular weight excluding hydrogens is 206 g/mol. The molecule has 3 N–H and O–H groups in total. The minimum absolute atomic E-state index is 0.0549. The summed E-state index contributed by atoms with van der Waals surface area (Å²) in [6, 6.07) is 4.80. The summed E-state index contributed by atoms with van der Waals surface area (Å²) in [6.07, 6.45) is -0.0549. The third-order valence-electron chi connectivity index (χ3n) is 1.53. The Bertz CT molecular complexity index is 341. The van der Waals surface area contributed by atoms with Crippen molar-refractivity contribution in [2.75, 3.05) is 12.3 Å². The van der Waals surface area contributed by atoms with Crippen LogP contribution in [0, 0.1) is 0 Å². The Balaban J connectivity index is 2.55. The highest BCUT2D eigenvalue weighted by Gasteiger charge is 2.03. The fraction of sp³-hybridized carbons (Fsp3) is 0.222. The molecule has 0 bridgehead atoms. The molecule has 0 aliphatic carbocycles. The number of ether oxygens (including phenoxy) is 1. The second-order valence-electron chi connectivity index (χ2n) is 2.68. The predicted octanol–water partition coefficient (Wildman–Crippen LogP) is 1.78. The van der Waals surface area contributed by atoms with E-state index in [1.165, 1.54) is 0 Å². The Morgan fingerprint density at radius 2 is 2.29 bits per heavy atom. The van der Waals surface area contributed by atoms with Gasteiger partial charge in [-0.1, -0.05) is 11.6 Å². The topological polar surface area (TPSA) is 72.5 Å². The van der Waals surface area contributed by atoms with Crippen LogP contribution in [0.2, 0.25) is 5.02 Å². The molecule has 1 aromatic rings. The molecule has 76 valence electrons. The zero-order chi connectivity index (χ0) is 10.6. The summed E-state index contributed by atoms with van der Waals surface area (Å²) in [7, 11) is 0. The first kappa shape index (κ1) is 10.7. The number of hydrogen-bond acceptors (Lipinski definition) is 3. The Morgan fingerprint density at radius 1 is 1.57 bits per heavy atom. The van der Waals surface area contributed by atoms with Gasteiger partial charge < -0.3 is 15.6 Å². The lowest BCUT2D eigenvalue weighted by molar-refractivity contribution is -0.137. The number of nitrogen functional groups attached to an aromatic ring is 1. The molecule has 0 spiro atoms. The van der Waals surface area contributed by atoms with Crippen molar-refractivity contribution >= 4 is 23.3 Å². The van der Waals surface area contributed by atoms with Gasteiger partial charge >= 0.3 is 5.97 Å². The van der Waals surface area contributed by atoms with Gasteiger partial charge in [-0.25, -0.2) is 0 Å². The third-order valence-corrected chi connectivity index (χ3v) is 1.82. The Morgan fingerprint density at radius 3 is 2.86 bits per heavy atom. The highest BCUT2D eigenvalue weighted by molar-refractivity contribution is 6.32. The minimum Gasteiger partial charge on any atom is -0.491 e. The summed E-state index contributed by atoms with van der Waals surface area (Å²) in [4.78, 5) is 10.2. The van der Waals surface area contributed by atoms with Crippen molar-refractivity contribution in [3.05, 3.63) is 23.2 Å². The smallest absolute Gasteiger partial charge is 0.306 e. The van der Waals surface area contributed by atoms with Gasteiger partial charge in [-0.2, -0.15) is 0 Å². The van der Waals surface area contributed by atoms with E-state index in [1.54, 1.807) is 18.2 Å². The molecule has 0 amide bonds. The first-order valence-electron chi connectivity index (χ1n) is 3.99. The number of halogens is 1. The van der Waals surface area contributed by atoms with Crippen molar-refractivity contribution in [1.82, 2.24) is 0 Å². The van der Waals surface area contributed by atoms with Gasteiger partial charge in [0.05, 0.1) is 18.1 Å². The number of hydrogen-bond donors (Lipinski definition) is 2. The summed E-state index contributed by atoms with van der Waals surface area (Å²) in [5.41, 5.74) is 6.01. The molecule has 0 fully saturated rings. The van der Waals surface area contributed by atoms with Gasteiger partial charge in [-0.3, -0.25) is 4.79 Å². The largest absolute Gasteiger partial charge is 0.491 e. The van der Waals surface area contributed by atoms with Gasteiger partial charge in [0.1, 0.15) is 5.75 Å². The lowest BCUT2D eigenvalue weighted by Crippen LogP contribution is -2.05. The van der Waals surface area contributed by atoms with Gasteiger partial charge in [0.15, 0.2) is 0 Å². The molecule has 1 aromatic carbocycles. The number of carboxylic acid groups (broad SMARTS) is 1.